The first-order chi connectivity index (χ1) is 9.74. The maximum atomic E-state index is 9.04. The van der Waals surface area contributed by atoms with Crippen molar-refractivity contribution in [1.82, 2.24) is 0 Å². The van der Waals surface area contributed by atoms with Crippen LogP contribution in [0.25, 0.3) is 0 Å². The minimum atomic E-state index is 0.172. The molecule has 0 saturated heterocycles. The molecule has 1 aromatic heterocycles. The number of nitrogens with one attached hydrogen (secondary N) is 1. The summed E-state index contributed by atoms with van der Waals surface area (Å²) in [6.45, 7) is 6.53. The molecule has 4 nitrogen and oxygen atoms in total. The topological polar surface area (TPSA) is 48.6 Å². The summed E-state index contributed by atoms with van der Waals surface area (Å²) in [6, 6.07) is 10.2. The normalized spacial score (nSPS) is 10.6. The third kappa shape index (κ3) is 3.54. The van der Waals surface area contributed by atoms with Crippen molar-refractivity contribution in [3.63, 3.8) is 0 Å². The van der Waals surface area contributed by atoms with Gasteiger partial charge in [0.25, 0.3) is 0 Å². The van der Waals surface area contributed by atoms with Crippen LogP contribution in [0, 0.1) is 6.92 Å². The lowest BCUT2D eigenvalue weighted by Gasteiger charge is -2.22. The molecule has 4 heteroatoms. The van der Waals surface area contributed by atoms with E-state index in [4.69, 9.17) is 9.52 Å². The first-order valence-electron chi connectivity index (χ1n) is 6.97. The van der Waals surface area contributed by atoms with E-state index in [1.807, 2.05) is 25.1 Å². The maximum Gasteiger partial charge on any atom is 0.125 e. The predicted octanol–water partition coefficient (Wildman–Crippen LogP) is 3.02. The molecular formula is C16H22N2O2. The van der Waals surface area contributed by atoms with Gasteiger partial charge in [0.05, 0.1) is 19.4 Å². The van der Waals surface area contributed by atoms with Gasteiger partial charge in [-0.05, 0) is 49.7 Å². The first kappa shape index (κ1) is 14.5. The molecule has 0 saturated carbocycles. The highest BCUT2D eigenvalue weighted by Gasteiger charge is 2.04. The Morgan fingerprint density at radius 2 is 1.95 bits per heavy atom. The second-order valence-electron chi connectivity index (χ2n) is 4.73. The Morgan fingerprint density at radius 1 is 1.20 bits per heavy atom. The van der Waals surface area contributed by atoms with E-state index in [9.17, 15) is 0 Å². The molecule has 0 aliphatic carbocycles. The molecule has 0 bridgehead atoms. The van der Waals surface area contributed by atoms with Gasteiger partial charge in [0.1, 0.15) is 5.76 Å². The molecule has 0 atom stereocenters. The number of furan rings is 1. The number of benzene rings is 1. The van der Waals surface area contributed by atoms with Crippen LogP contribution in [-0.4, -0.2) is 24.8 Å². The molecule has 108 valence electrons. The molecule has 20 heavy (non-hydrogen) atoms. The highest BCUT2D eigenvalue weighted by Crippen LogP contribution is 2.19. The van der Waals surface area contributed by atoms with Gasteiger partial charge in [-0.1, -0.05) is 0 Å². The van der Waals surface area contributed by atoms with Crippen LogP contribution in [0.3, 0.4) is 0 Å². The summed E-state index contributed by atoms with van der Waals surface area (Å²) < 4.78 is 5.40. The summed E-state index contributed by atoms with van der Waals surface area (Å²) >= 11 is 0. The highest BCUT2D eigenvalue weighted by molar-refractivity contribution is 5.55. The Balaban J connectivity index is 1.96. The predicted molar refractivity (Wildman–Crippen MR) is 82.2 cm³/mol. The van der Waals surface area contributed by atoms with Crippen LogP contribution in [-0.2, 0) is 6.54 Å². The van der Waals surface area contributed by atoms with Crippen LogP contribution in [0.5, 0.6) is 0 Å². The summed E-state index contributed by atoms with van der Waals surface area (Å²) in [5.74, 6) is 0.963. The highest BCUT2D eigenvalue weighted by atomic mass is 16.3. The van der Waals surface area contributed by atoms with Gasteiger partial charge in [0.15, 0.2) is 0 Å². The Morgan fingerprint density at radius 3 is 2.50 bits per heavy atom. The zero-order valence-corrected chi connectivity index (χ0v) is 12.1. The van der Waals surface area contributed by atoms with Gasteiger partial charge in [-0.15, -0.1) is 0 Å². The van der Waals surface area contributed by atoms with Crippen LogP contribution in [0.15, 0.2) is 41.0 Å². The molecule has 0 aliphatic rings. The van der Waals surface area contributed by atoms with E-state index in [0.29, 0.717) is 13.1 Å². The molecule has 0 aliphatic heterocycles. The van der Waals surface area contributed by atoms with Crippen molar-refractivity contribution in [2.24, 2.45) is 0 Å². The Hall–Kier alpha value is -1.94. The molecule has 2 aromatic rings. The maximum absolute atomic E-state index is 9.04. The lowest BCUT2D eigenvalue weighted by Crippen LogP contribution is -2.25. The fourth-order valence-corrected chi connectivity index (χ4v) is 2.15. The first-order valence-corrected chi connectivity index (χ1v) is 6.97. The third-order valence-corrected chi connectivity index (χ3v) is 3.41. The Labute approximate surface area is 120 Å². The summed E-state index contributed by atoms with van der Waals surface area (Å²) in [5.41, 5.74) is 3.35. The molecule has 2 rings (SSSR count). The van der Waals surface area contributed by atoms with E-state index in [1.165, 1.54) is 0 Å². The summed E-state index contributed by atoms with van der Waals surface area (Å²) in [4.78, 5) is 2.14. The number of hydrogen-bond acceptors (Lipinski definition) is 4. The van der Waals surface area contributed by atoms with Gasteiger partial charge in [-0.25, -0.2) is 0 Å². The van der Waals surface area contributed by atoms with Gasteiger partial charge in [0, 0.05) is 24.5 Å². The second kappa shape index (κ2) is 7.01. The van der Waals surface area contributed by atoms with Crippen LogP contribution in [0.1, 0.15) is 18.2 Å². The van der Waals surface area contributed by atoms with Crippen molar-refractivity contribution in [3.05, 3.63) is 47.9 Å². The molecule has 0 radical (unpaired) electrons. The van der Waals surface area contributed by atoms with Crippen LogP contribution in [0.4, 0.5) is 11.4 Å². The number of nitrogens with zero attached hydrogens (tertiary/aromatic N) is 1. The van der Waals surface area contributed by atoms with Crippen LogP contribution >= 0.6 is 0 Å². The van der Waals surface area contributed by atoms with Crippen LogP contribution in [0.2, 0.25) is 0 Å². The molecule has 1 aromatic carbocycles. The smallest absolute Gasteiger partial charge is 0.125 e. The monoisotopic (exact) mass is 274 g/mol. The van der Waals surface area contributed by atoms with Crippen molar-refractivity contribution in [1.29, 1.82) is 0 Å². The fourth-order valence-electron chi connectivity index (χ4n) is 2.15. The zero-order chi connectivity index (χ0) is 14.4. The molecule has 0 unspecified atom stereocenters. The van der Waals surface area contributed by atoms with E-state index in [1.54, 1.807) is 6.26 Å². The van der Waals surface area contributed by atoms with Crippen molar-refractivity contribution < 1.29 is 9.52 Å². The molecular weight excluding hydrogens is 252 g/mol. The molecule has 0 fully saturated rings. The molecule has 0 amide bonds. The minimum absolute atomic E-state index is 0.172. The molecule has 2 N–H and O–H groups in total. The quantitative estimate of drug-likeness (QED) is 0.815. The number of anilines is 2. The SMILES string of the molecule is CCN(CCO)c1ccc(NCc2occc2C)cc1. The number of hydrogen-bond donors (Lipinski definition) is 2. The Kier molecular flexibility index (Phi) is 5.07. The summed E-state index contributed by atoms with van der Waals surface area (Å²) in [5, 5.41) is 12.4. The third-order valence-electron chi connectivity index (χ3n) is 3.41. The van der Waals surface area contributed by atoms with Gasteiger partial charge in [-0.3, -0.25) is 0 Å². The van der Waals surface area contributed by atoms with Crippen molar-refractivity contribution in [2.75, 3.05) is 29.9 Å². The van der Waals surface area contributed by atoms with E-state index < -0.39 is 0 Å². The number of aliphatic hydroxyl groups excluding tert-OH is 1. The van der Waals surface area contributed by atoms with Crippen molar-refractivity contribution >= 4 is 11.4 Å². The Bertz CT molecular complexity index is 520. The number of aryl methyl sites for hydroxylation is 1. The van der Waals surface area contributed by atoms with E-state index >= 15 is 0 Å². The van der Waals surface area contributed by atoms with Gasteiger partial charge < -0.3 is 19.7 Å². The van der Waals surface area contributed by atoms with E-state index in [0.717, 1.165) is 29.2 Å². The van der Waals surface area contributed by atoms with Gasteiger partial charge in [-0.2, -0.15) is 0 Å². The van der Waals surface area contributed by atoms with Crippen LogP contribution < -0.4 is 10.2 Å². The van der Waals surface area contributed by atoms with E-state index in [-0.39, 0.29) is 6.61 Å². The standard InChI is InChI=1S/C16H22N2O2/c1-3-18(9-10-19)15-6-4-14(5-7-15)17-12-16-13(2)8-11-20-16/h4-8,11,17,19H,3,9-10,12H2,1-2H3. The molecule has 1 heterocycles. The average molecular weight is 274 g/mol. The van der Waals surface area contributed by atoms with Gasteiger partial charge >= 0.3 is 0 Å². The summed E-state index contributed by atoms with van der Waals surface area (Å²) in [7, 11) is 0. The minimum Gasteiger partial charge on any atom is -0.467 e. The van der Waals surface area contributed by atoms with Crippen molar-refractivity contribution in [3.8, 4) is 0 Å². The lowest BCUT2D eigenvalue weighted by atomic mass is 10.2. The average Bonchev–Trinajstić information content (AvgIpc) is 2.89. The van der Waals surface area contributed by atoms with Crippen molar-refractivity contribution in [2.45, 2.75) is 20.4 Å². The number of likely N-dealkylation sites (N-methyl/N-ethyl adjacent to an activating group) is 1. The van der Waals surface area contributed by atoms with E-state index in [2.05, 4.69) is 29.3 Å². The lowest BCUT2D eigenvalue weighted by molar-refractivity contribution is 0.302. The number of rotatable bonds is 7. The summed E-state index contributed by atoms with van der Waals surface area (Å²) in [6.07, 6.45) is 1.71. The molecule has 0 spiro atoms. The number of aliphatic hydroxyl groups is 1. The second-order valence-corrected chi connectivity index (χ2v) is 4.73. The zero-order valence-electron chi connectivity index (χ0n) is 12.1. The largest absolute Gasteiger partial charge is 0.467 e. The fraction of sp³-hybridized carbons (Fsp3) is 0.375. The van der Waals surface area contributed by atoms with Gasteiger partial charge in [0.2, 0.25) is 0 Å².